The molecule has 0 spiro atoms. The largest absolute Gasteiger partial charge is 0.481 e. The van der Waals surface area contributed by atoms with Crippen LogP contribution in [-0.2, 0) is 19.1 Å². The summed E-state index contributed by atoms with van der Waals surface area (Å²) in [6.45, 7) is 4.42. The predicted octanol–water partition coefficient (Wildman–Crippen LogP) is 9.37. The third-order valence-corrected chi connectivity index (χ3v) is 6.06. The van der Waals surface area contributed by atoms with Gasteiger partial charge in [-0.1, -0.05) is 123 Å². The molecule has 0 atom stereocenters. The Labute approximate surface area is 227 Å². The first kappa shape index (κ1) is 39.6. The molecular formula is C30H59NO6. The van der Waals surface area contributed by atoms with E-state index < -0.39 is 17.9 Å². The van der Waals surface area contributed by atoms with Crippen LogP contribution in [0.15, 0.2) is 12.3 Å². The second kappa shape index (κ2) is 34.1. The highest BCUT2D eigenvalue weighted by Gasteiger charge is 2.04. The summed E-state index contributed by atoms with van der Waals surface area (Å²) in [6, 6.07) is 0. The lowest BCUT2D eigenvalue weighted by molar-refractivity contribution is -0.144. The van der Waals surface area contributed by atoms with Crippen LogP contribution < -0.4 is 6.15 Å². The molecule has 0 aromatic heterocycles. The zero-order valence-electron chi connectivity index (χ0n) is 24.2. The molecule has 0 saturated carbocycles. The number of esters is 1. The first-order valence-electron chi connectivity index (χ1n) is 14.7. The minimum Gasteiger partial charge on any atom is -0.481 e. The van der Waals surface area contributed by atoms with Gasteiger partial charge in [0.05, 0.1) is 19.1 Å². The Balaban J connectivity index is -0.000000623. The van der Waals surface area contributed by atoms with E-state index in [9.17, 15) is 14.4 Å². The van der Waals surface area contributed by atoms with Gasteiger partial charge in [-0.25, -0.2) is 0 Å². The number of rotatable bonds is 25. The fourth-order valence-electron chi connectivity index (χ4n) is 3.80. The van der Waals surface area contributed by atoms with E-state index in [0.29, 0.717) is 6.42 Å². The lowest BCUT2D eigenvalue weighted by Gasteiger charge is -2.03. The minimum atomic E-state index is -0.986. The van der Waals surface area contributed by atoms with Crippen molar-refractivity contribution in [3.05, 3.63) is 12.3 Å². The first-order chi connectivity index (χ1) is 17.4. The molecule has 220 valence electrons. The molecule has 0 aliphatic rings. The molecule has 0 aromatic rings. The number of hydrogen-bond donors (Lipinski definition) is 3. The number of unbranched alkanes of at least 4 members (excludes halogenated alkanes) is 18. The van der Waals surface area contributed by atoms with Gasteiger partial charge in [-0.15, -0.1) is 0 Å². The van der Waals surface area contributed by atoms with Crippen LogP contribution in [0.3, 0.4) is 0 Å². The molecule has 7 nitrogen and oxygen atoms in total. The van der Waals surface area contributed by atoms with Gasteiger partial charge in [0.25, 0.3) is 0 Å². The smallest absolute Gasteiger partial charge is 0.311 e. The number of aliphatic carboxylic acids is 2. The van der Waals surface area contributed by atoms with E-state index in [1.807, 2.05) is 0 Å². The monoisotopic (exact) mass is 529 g/mol. The van der Waals surface area contributed by atoms with E-state index in [-0.39, 0.29) is 19.0 Å². The fraction of sp³-hybridized carbons (Fsp3) is 0.833. The van der Waals surface area contributed by atoms with Crippen LogP contribution in [0.1, 0.15) is 162 Å². The topological polar surface area (TPSA) is 136 Å². The van der Waals surface area contributed by atoms with Gasteiger partial charge in [-0.05, 0) is 25.3 Å². The molecule has 0 rings (SSSR count). The third kappa shape index (κ3) is 41.5. The van der Waals surface area contributed by atoms with Crippen molar-refractivity contribution in [1.29, 1.82) is 0 Å². The van der Waals surface area contributed by atoms with Gasteiger partial charge in [0.2, 0.25) is 0 Å². The van der Waals surface area contributed by atoms with Crippen molar-refractivity contribution in [3.63, 3.8) is 0 Å². The zero-order chi connectivity index (χ0) is 27.1. The maximum Gasteiger partial charge on any atom is 0.311 e. The van der Waals surface area contributed by atoms with Crippen LogP contribution in [0.4, 0.5) is 0 Å². The Kier molecular flexibility index (Phi) is 36.5. The summed E-state index contributed by atoms with van der Waals surface area (Å²) in [5.41, 5.74) is 0. The van der Waals surface area contributed by atoms with Crippen LogP contribution in [0.25, 0.3) is 0 Å². The molecule has 0 saturated heterocycles. The summed E-state index contributed by atoms with van der Waals surface area (Å²) >= 11 is 0. The van der Waals surface area contributed by atoms with Gasteiger partial charge in [0.15, 0.2) is 0 Å². The van der Waals surface area contributed by atoms with Crippen molar-refractivity contribution in [3.8, 4) is 0 Å². The Morgan fingerprint density at radius 2 is 0.919 bits per heavy atom. The Bertz CT molecular complexity index is 536. The van der Waals surface area contributed by atoms with Crippen molar-refractivity contribution in [1.82, 2.24) is 6.15 Å². The molecule has 0 bridgehead atoms. The summed E-state index contributed by atoms with van der Waals surface area (Å²) in [5, 5.41) is 16.8. The standard InChI is InChI=1S/C18H36O2.C12H20O4.H3N/c1-2-3-4-5-6-7-8-9-10-11-12-13-14-15-16-17-18(19)20;1-2-3-4-5-6-7-10-16-12(15)9-8-11(13)14;/h2-17H2,1H3,(H,19,20);7,10H,2-6,8-9H2,1H3,(H,13,14);1H3. The number of carboxylic acids is 2. The number of allylic oxidation sites excluding steroid dienone is 1. The average molecular weight is 530 g/mol. The van der Waals surface area contributed by atoms with Gasteiger partial charge < -0.3 is 21.1 Å². The molecule has 5 N–H and O–H groups in total. The van der Waals surface area contributed by atoms with Crippen molar-refractivity contribution < 1.29 is 29.3 Å². The van der Waals surface area contributed by atoms with Gasteiger partial charge in [0.1, 0.15) is 0 Å². The number of ether oxygens (including phenoxy) is 1. The highest BCUT2D eigenvalue weighted by Crippen LogP contribution is 2.13. The predicted molar refractivity (Wildman–Crippen MR) is 153 cm³/mol. The fourth-order valence-corrected chi connectivity index (χ4v) is 3.80. The molecule has 0 unspecified atom stereocenters. The molecule has 0 aliphatic heterocycles. The van der Waals surface area contributed by atoms with Crippen molar-refractivity contribution in [2.45, 2.75) is 162 Å². The Hall–Kier alpha value is -1.89. The van der Waals surface area contributed by atoms with Gasteiger partial charge >= 0.3 is 17.9 Å². The highest BCUT2D eigenvalue weighted by atomic mass is 16.5. The van der Waals surface area contributed by atoms with Crippen LogP contribution in [-0.4, -0.2) is 28.1 Å². The summed E-state index contributed by atoms with van der Waals surface area (Å²) in [4.78, 5) is 31.4. The maximum atomic E-state index is 10.9. The molecular weight excluding hydrogens is 470 g/mol. The molecule has 0 fully saturated rings. The van der Waals surface area contributed by atoms with Crippen LogP contribution >= 0.6 is 0 Å². The molecule has 0 radical (unpaired) electrons. The molecule has 0 aliphatic carbocycles. The molecule has 0 aromatic carbocycles. The van der Waals surface area contributed by atoms with Crippen LogP contribution in [0, 0.1) is 0 Å². The van der Waals surface area contributed by atoms with E-state index >= 15 is 0 Å². The molecule has 7 heteroatoms. The number of carbonyl (C=O) groups is 3. The van der Waals surface area contributed by atoms with Crippen LogP contribution in [0.2, 0.25) is 0 Å². The van der Waals surface area contributed by atoms with E-state index in [4.69, 9.17) is 14.9 Å². The second-order valence-electron chi connectivity index (χ2n) is 9.70. The maximum absolute atomic E-state index is 10.9. The second-order valence-corrected chi connectivity index (χ2v) is 9.70. The Morgan fingerprint density at radius 1 is 0.541 bits per heavy atom. The highest BCUT2D eigenvalue weighted by molar-refractivity contribution is 5.76. The van der Waals surface area contributed by atoms with Crippen LogP contribution in [0.5, 0.6) is 0 Å². The summed E-state index contributed by atoms with van der Waals surface area (Å²) < 4.78 is 4.72. The SMILES string of the molecule is CCCCCCC=COC(=O)CCC(=O)O.CCCCCCCCCCCCCCCCCC(=O)O.N. The third-order valence-electron chi connectivity index (χ3n) is 6.06. The van der Waals surface area contributed by atoms with Gasteiger partial charge in [0, 0.05) is 6.42 Å². The summed E-state index contributed by atoms with van der Waals surface area (Å²) in [6.07, 6.45) is 28.7. The van der Waals surface area contributed by atoms with E-state index in [1.54, 1.807) is 6.08 Å². The van der Waals surface area contributed by atoms with Gasteiger partial charge in [-0.2, -0.15) is 0 Å². The summed E-state index contributed by atoms with van der Waals surface area (Å²) in [7, 11) is 0. The van der Waals surface area contributed by atoms with Crippen molar-refractivity contribution in [2.24, 2.45) is 0 Å². The van der Waals surface area contributed by atoms with E-state index in [1.165, 1.54) is 109 Å². The number of hydrogen-bond acceptors (Lipinski definition) is 5. The lowest BCUT2D eigenvalue weighted by atomic mass is 10.0. The zero-order valence-corrected chi connectivity index (χ0v) is 24.2. The van der Waals surface area contributed by atoms with Crippen molar-refractivity contribution >= 4 is 17.9 Å². The van der Waals surface area contributed by atoms with Crippen molar-refractivity contribution in [2.75, 3.05) is 0 Å². The normalized spacial score (nSPS) is 10.4. The number of carboxylic acid groups (broad SMARTS) is 2. The first-order valence-corrected chi connectivity index (χ1v) is 14.7. The average Bonchev–Trinajstić information content (AvgIpc) is 2.84. The molecule has 37 heavy (non-hydrogen) atoms. The van der Waals surface area contributed by atoms with Gasteiger partial charge in [-0.3, -0.25) is 14.4 Å². The minimum absolute atomic E-state index is 0. The lowest BCUT2D eigenvalue weighted by Crippen LogP contribution is -2.03. The summed E-state index contributed by atoms with van der Waals surface area (Å²) in [5.74, 6) is -2.13. The van der Waals surface area contributed by atoms with E-state index in [2.05, 4.69) is 13.8 Å². The van der Waals surface area contributed by atoms with E-state index in [0.717, 1.165) is 25.7 Å². The Morgan fingerprint density at radius 3 is 1.32 bits per heavy atom. The molecule has 0 amide bonds. The number of carbonyl (C=O) groups excluding carboxylic acids is 1. The quantitative estimate of drug-likeness (QED) is 0.0608. The molecule has 0 heterocycles.